The lowest BCUT2D eigenvalue weighted by Crippen LogP contribution is -2.02. The Morgan fingerprint density at radius 3 is 1.39 bits per heavy atom. The minimum Gasteiger partial charge on any atom is -0.294 e. The van der Waals surface area contributed by atoms with E-state index in [1.165, 1.54) is 0 Å². The van der Waals surface area contributed by atoms with Gasteiger partial charge in [0.1, 0.15) is 0 Å². The van der Waals surface area contributed by atoms with Gasteiger partial charge in [-0.15, -0.1) is 0 Å². The lowest BCUT2D eigenvalue weighted by Gasteiger charge is -2.03. The Bertz CT molecular complexity index is 351. The summed E-state index contributed by atoms with van der Waals surface area (Å²) in [5.41, 5.74) is 1.44. The maximum absolute atomic E-state index is 11.8. The summed E-state index contributed by atoms with van der Waals surface area (Å²) in [7, 11) is 0. The molecule has 2 heteroatoms. The van der Waals surface area contributed by atoms with E-state index in [1.807, 2.05) is 0 Å². The highest BCUT2D eigenvalue weighted by molar-refractivity contribution is 5.99. The van der Waals surface area contributed by atoms with Crippen molar-refractivity contribution in [1.29, 1.82) is 0 Å². The van der Waals surface area contributed by atoms with Crippen molar-refractivity contribution in [3.05, 3.63) is 35.4 Å². The van der Waals surface area contributed by atoms with Gasteiger partial charge in [0, 0.05) is 24.0 Å². The van der Waals surface area contributed by atoms with Crippen LogP contribution in [-0.4, -0.2) is 11.6 Å². The third kappa shape index (κ3) is 4.44. The molecule has 0 aliphatic carbocycles. The third-order valence-electron chi connectivity index (χ3n) is 3.04. The number of rotatable bonds is 8. The number of benzene rings is 1. The Balaban J connectivity index is 2.62. The molecule has 0 heterocycles. The molecule has 18 heavy (non-hydrogen) atoms. The number of carbonyl (C=O) groups excluding carboxylic acids is 2. The van der Waals surface area contributed by atoms with Crippen LogP contribution >= 0.6 is 0 Å². The second-order valence-corrected chi connectivity index (χ2v) is 4.63. The third-order valence-corrected chi connectivity index (χ3v) is 3.04. The molecule has 0 fully saturated rings. The number of ketones is 2. The predicted octanol–water partition coefficient (Wildman–Crippen LogP) is 4.43. The molecule has 1 rings (SSSR count). The van der Waals surface area contributed by atoms with Crippen LogP contribution in [0.5, 0.6) is 0 Å². The molecule has 2 nitrogen and oxygen atoms in total. The monoisotopic (exact) mass is 246 g/mol. The van der Waals surface area contributed by atoms with E-state index in [1.54, 1.807) is 24.3 Å². The van der Waals surface area contributed by atoms with Crippen molar-refractivity contribution in [2.24, 2.45) is 0 Å². The fraction of sp³-hybridized carbons (Fsp3) is 0.500. The highest BCUT2D eigenvalue weighted by Gasteiger charge is 2.08. The van der Waals surface area contributed by atoms with Crippen molar-refractivity contribution < 1.29 is 9.59 Å². The number of unbranched alkanes of at least 4 members (excludes halogenated alkanes) is 2. The van der Waals surface area contributed by atoms with Gasteiger partial charge in [-0.05, 0) is 12.8 Å². The molecule has 0 saturated heterocycles. The minimum absolute atomic E-state index is 0.171. The molecule has 0 atom stereocenters. The van der Waals surface area contributed by atoms with E-state index in [9.17, 15) is 9.59 Å². The molecule has 0 N–H and O–H groups in total. The average Bonchev–Trinajstić information content (AvgIpc) is 2.42. The first-order valence-corrected chi connectivity index (χ1v) is 6.85. The van der Waals surface area contributed by atoms with Gasteiger partial charge < -0.3 is 0 Å². The van der Waals surface area contributed by atoms with Gasteiger partial charge in [-0.1, -0.05) is 51.0 Å². The zero-order chi connectivity index (χ0) is 13.4. The van der Waals surface area contributed by atoms with Crippen LogP contribution in [0.1, 0.15) is 73.1 Å². The molecule has 0 saturated carbocycles. The summed E-state index contributed by atoms with van der Waals surface area (Å²) in [6, 6.07) is 7.10. The zero-order valence-electron chi connectivity index (χ0n) is 11.4. The average molecular weight is 246 g/mol. The normalized spacial score (nSPS) is 10.3. The summed E-state index contributed by atoms with van der Waals surface area (Å²) < 4.78 is 0. The van der Waals surface area contributed by atoms with Gasteiger partial charge in [0.25, 0.3) is 0 Å². The highest BCUT2D eigenvalue weighted by atomic mass is 16.1. The van der Waals surface area contributed by atoms with Crippen molar-refractivity contribution >= 4 is 11.6 Å². The Kier molecular flexibility index (Phi) is 6.34. The fourth-order valence-corrected chi connectivity index (χ4v) is 1.81. The molecule has 0 amide bonds. The molecule has 1 aromatic rings. The Morgan fingerprint density at radius 1 is 0.778 bits per heavy atom. The highest BCUT2D eigenvalue weighted by Crippen LogP contribution is 2.11. The quantitative estimate of drug-likeness (QED) is 0.636. The molecule has 1 aromatic carbocycles. The Hall–Kier alpha value is -1.44. The van der Waals surface area contributed by atoms with Crippen LogP contribution in [0.3, 0.4) is 0 Å². The van der Waals surface area contributed by atoms with E-state index in [2.05, 4.69) is 13.8 Å². The Morgan fingerprint density at radius 2 is 1.11 bits per heavy atom. The molecule has 0 aliphatic rings. The number of hydrogen-bond donors (Lipinski definition) is 0. The lowest BCUT2D eigenvalue weighted by molar-refractivity contribution is 0.0968. The molecule has 0 aromatic heterocycles. The van der Waals surface area contributed by atoms with E-state index >= 15 is 0 Å². The SMILES string of the molecule is CCCCC(=O)c1ccc(C(=O)CCCC)cc1. The van der Waals surface area contributed by atoms with E-state index in [0.29, 0.717) is 12.8 Å². The molecule has 0 radical (unpaired) electrons. The maximum atomic E-state index is 11.8. The molecular formula is C16H22O2. The van der Waals surface area contributed by atoms with Gasteiger partial charge in [0.2, 0.25) is 0 Å². The maximum Gasteiger partial charge on any atom is 0.162 e. The van der Waals surface area contributed by atoms with Crippen LogP contribution in [0.15, 0.2) is 24.3 Å². The standard InChI is InChI=1S/C16H22O2/c1-3-5-7-15(17)13-9-11-14(12-10-13)16(18)8-6-4-2/h9-12H,3-8H2,1-2H3. The largest absolute Gasteiger partial charge is 0.294 e. The lowest BCUT2D eigenvalue weighted by atomic mass is 10.0. The fourth-order valence-electron chi connectivity index (χ4n) is 1.81. The van der Waals surface area contributed by atoms with Crippen LogP contribution in [0, 0.1) is 0 Å². The van der Waals surface area contributed by atoms with Crippen LogP contribution < -0.4 is 0 Å². The summed E-state index contributed by atoms with van der Waals surface area (Å²) in [4.78, 5) is 23.5. The van der Waals surface area contributed by atoms with E-state index in [0.717, 1.165) is 36.8 Å². The van der Waals surface area contributed by atoms with Gasteiger partial charge in [0.05, 0.1) is 0 Å². The summed E-state index contributed by atoms with van der Waals surface area (Å²) in [5.74, 6) is 0.341. The number of carbonyl (C=O) groups is 2. The molecule has 98 valence electrons. The van der Waals surface area contributed by atoms with Gasteiger partial charge in [-0.25, -0.2) is 0 Å². The predicted molar refractivity (Wildman–Crippen MR) is 74.2 cm³/mol. The van der Waals surface area contributed by atoms with Crippen LogP contribution in [0.25, 0.3) is 0 Å². The Labute approximate surface area is 109 Å². The second kappa shape index (κ2) is 7.80. The first kappa shape index (κ1) is 14.6. The second-order valence-electron chi connectivity index (χ2n) is 4.63. The topological polar surface area (TPSA) is 34.1 Å². The van der Waals surface area contributed by atoms with Gasteiger partial charge in [-0.3, -0.25) is 9.59 Å². The van der Waals surface area contributed by atoms with Gasteiger partial charge in [-0.2, -0.15) is 0 Å². The first-order valence-electron chi connectivity index (χ1n) is 6.85. The van der Waals surface area contributed by atoms with Crippen LogP contribution in [0.4, 0.5) is 0 Å². The van der Waals surface area contributed by atoms with Crippen LogP contribution in [-0.2, 0) is 0 Å². The van der Waals surface area contributed by atoms with Gasteiger partial charge in [0.15, 0.2) is 11.6 Å². The van der Waals surface area contributed by atoms with Crippen molar-refractivity contribution in [2.45, 2.75) is 52.4 Å². The van der Waals surface area contributed by atoms with E-state index in [-0.39, 0.29) is 11.6 Å². The minimum atomic E-state index is 0.171. The summed E-state index contributed by atoms with van der Waals surface area (Å²) in [5, 5.41) is 0. The van der Waals surface area contributed by atoms with Crippen LogP contribution in [0.2, 0.25) is 0 Å². The zero-order valence-corrected chi connectivity index (χ0v) is 11.4. The molecule has 0 aliphatic heterocycles. The number of hydrogen-bond acceptors (Lipinski definition) is 2. The summed E-state index contributed by atoms with van der Waals surface area (Å²) in [6.45, 7) is 4.14. The number of Topliss-reactive ketones (excluding diaryl/α,β-unsaturated/α-hetero) is 2. The van der Waals surface area contributed by atoms with Crippen molar-refractivity contribution in [2.75, 3.05) is 0 Å². The molecule has 0 bridgehead atoms. The van der Waals surface area contributed by atoms with Gasteiger partial charge >= 0.3 is 0 Å². The first-order chi connectivity index (χ1) is 8.69. The summed E-state index contributed by atoms with van der Waals surface area (Å²) in [6.07, 6.45) is 5.10. The van der Waals surface area contributed by atoms with Crippen molar-refractivity contribution in [3.63, 3.8) is 0 Å². The van der Waals surface area contributed by atoms with E-state index < -0.39 is 0 Å². The smallest absolute Gasteiger partial charge is 0.162 e. The molecular weight excluding hydrogens is 224 g/mol. The summed E-state index contributed by atoms with van der Waals surface area (Å²) >= 11 is 0. The molecule has 0 spiro atoms. The molecule has 0 unspecified atom stereocenters. The van der Waals surface area contributed by atoms with Crippen molar-refractivity contribution in [1.82, 2.24) is 0 Å². The van der Waals surface area contributed by atoms with Crippen molar-refractivity contribution in [3.8, 4) is 0 Å². The van der Waals surface area contributed by atoms with E-state index in [4.69, 9.17) is 0 Å².